The minimum atomic E-state index is -0.188. The van der Waals surface area contributed by atoms with Crippen LogP contribution in [0.5, 0.6) is 23.0 Å². The third-order valence-electron chi connectivity index (χ3n) is 8.07. The van der Waals surface area contributed by atoms with E-state index in [0.29, 0.717) is 28.6 Å². The van der Waals surface area contributed by atoms with Gasteiger partial charge in [-0.1, -0.05) is 18.2 Å². The molecule has 2 aliphatic heterocycles. The standard InChI is InChI=1S/C31H32N2O5/c1-35-25-13-19-20-14-26(36-2)28(38-4)16-22(20)29-23(21(19)15-27(25)37-3)17-33-12-8-11-24(33)30(29)32-31(34)18-9-6-5-7-10-18/h5-7,9-10,13-16,24,30H,8,11-12,17H2,1-4H3,(H,32,34)/t24-,30+/m0/s1. The number of methoxy groups -OCH3 is 4. The molecule has 0 aromatic heterocycles. The molecule has 1 saturated heterocycles. The van der Waals surface area contributed by atoms with Gasteiger partial charge in [0.05, 0.1) is 34.5 Å². The molecule has 2 heterocycles. The SMILES string of the molecule is COc1cc2c3c(c4cc(OC)c(OC)cc4c2cc1OC)[C@H](NC(=O)c1ccccc1)[C@@H]1CCCN1C3. The van der Waals surface area contributed by atoms with E-state index in [1.165, 1.54) is 5.56 Å². The summed E-state index contributed by atoms with van der Waals surface area (Å²) in [6, 6.07) is 17.6. The molecule has 1 fully saturated rings. The van der Waals surface area contributed by atoms with Crippen LogP contribution in [0.1, 0.15) is 40.4 Å². The zero-order valence-electron chi connectivity index (χ0n) is 22.2. The average Bonchev–Trinajstić information content (AvgIpc) is 3.44. The summed E-state index contributed by atoms with van der Waals surface area (Å²) >= 11 is 0. The van der Waals surface area contributed by atoms with E-state index in [4.69, 9.17) is 18.9 Å². The topological polar surface area (TPSA) is 69.3 Å². The molecule has 4 aromatic carbocycles. The van der Waals surface area contributed by atoms with Crippen molar-refractivity contribution in [2.75, 3.05) is 35.0 Å². The van der Waals surface area contributed by atoms with Gasteiger partial charge in [-0.3, -0.25) is 9.69 Å². The Morgan fingerprint density at radius 1 is 0.789 bits per heavy atom. The number of carbonyl (C=O) groups excluding carboxylic acids is 1. The van der Waals surface area contributed by atoms with Crippen molar-refractivity contribution in [1.82, 2.24) is 10.2 Å². The lowest BCUT2D eigenvalue weighted by molar-refractivity contribution is 0.0892. The molecule has 1 N–H and O–H groups in total. The van der Waals surface area contributed by atoms with Crippen molar-refractivity contribution in [3.05, 3.63) is 71.3 Å². The van der Waals surface area contributed by atoms with Gasteiger partial charge in [-0.25, -0.2) is 0 Å². The Labute approximate surface area is 222 Å². The molecule has 38 heavy (non-hydrogen) atoms. The summed E-state index contributed by atoms with van der Waals surface area (Å²) in [5.41, 5.74) is 2.98. The number of hydrogen-bond donors (Lipinski definition) is 1. The lowest BCUT2D eigenvalue weighted by atomic mass is 9.81. The quantitative estimate of drug-likeness (QED) is 0.345. The maximum atomic E-state index is 13.5. The van der Waals surface area contributed by atoms with Gasteiger partial charge in [0.1, 0.15) is 0 Å². The molecule has 6 rings (SSSR count). The van der Waals surface area contributed by atoms with Crippen molar-refractivity contribution in [2.45, 2.75) is 31.5 Å². The number of hydrogen-bond acceptors (Lipinski definition) is 6. The van der Waals surface area contributed by atoms with Crippen LogP contribution in [-0.4, -0.2) is 51.8 Å². The Bertz CT molecular complexity index is 1530. The third-order valence-corrected chi connectivity index (χ3v) is 8.07. The van der Waals surface area contributed by atoms with Crippen molar-refractivity contribution in [3.63, 3.8) is 0 Å². The fourth-order valence-corrected chi connectivity index (χ4v) is 6.31. The van der Waals surface area contributed by atoms with Gasteiger partial charge < -0.3 is 24.3 Å². The first-order valence-electron chi connectivity index (χ1n) is 12.9. The first-order chi connectivity index (χ1) is 18.6. The molecular formula is C31H32N2O5. The summed E-state index contributed by atoms with van der Waals surface area (Å²) in [4.78, 5) is 16.0. The lowest BCUT2D eigenvalue weighted by Gasteiger charge is -2.40. The molecule has 0 saturated carbocycles. The maximum absolute atomic E-state index is 13.5. The Morgan fingerprint density at radius 2 is 1.34 bits per heavy atom. The zero-order valence-corrected chi connectivity index (χ0v) is 22.2. The van der Waals surface area contributed by atoms with E-state index in [-0.39, 0.29) is 18.0 Å². The second kappa shape index (κ2) is 9.72. The normalized spacial score (nSPS) is 18.6. The summed E-state index contributed by atoms with van der Waals surface area (Å²) in [5, 5.41) is 7.62. The third kappa shape index (κ3) is 3.80. The Balaban J connectivity index is 1.67. The van der Waals surface area contributed by atoms with Crippen molar-refractivity contribution < 1.29 is 23.7 Å². The van der Waals surface area contributed by atoms with E-state index in [1.54, 1.807) is 28.4 Å². The number of nitrogens with one attached hydrogen (secondary N) is 1. The van der Waals surface area contributed by atoms with Gasteiger partial charge in [0, 0.05) is 18.2 Å². The van der Waals surface area contributed by atoms with Gasteiger partial charge >= 0.3 is 0 Å². The van der Waals surface area contributed by atoms with Gasteiger partial charge in [-0.2, -0.15) is 0 Å². The van der Waals surface area contributed by atoms with Crippen molar-refractivity contribution in [2.24, 2.45) is 0 Å². The van der Waals surface area contributed by atoms with E-state index in [2.05, 4.69) is 22.3 Å². The van der Waals surface area contributed by atoms with E-state index in [0.717, 1.165) is 53.0 Å². The highest BCUT2D eigenvalue weighted by molar-refractivity contribution is 6.13. The largest absolute Gasteiger partial charge is 0.493 e. The molecule has 0 bridgehead atoms. The molecule has 196 valence electrons. The average molecular weight is 513 g/mol. The van der Waals surface area contributed by atoms with E-state index in [1.807, 2.05) is 42.5 Å². The number of fused-ring (bicyclic) bond motifs is 7. The molecule has 0 aliphatic carbocycles. The smallest absolute Gasteiger partial charge is 0.251 e. The molecule has 0 unspecified atom stereocenters. The number of amides is 1. The second-order valence-electron chi connectivity index (χ2n) is 9.89. The molecular weight excluding hydrogens is 480 g/mol. The van der Waals surface area contributed by atoms with Crippen molar-refractivity contribution in [3.8, 4) is 23.0 Å². The number of rotatable bonds is 6. The van der Waals surface area contributed by atoms with Gasteiger partial charge in [0.15, 0.2) is 23.0 Å². The fraction of sp³-hybridized carbons (Fsp3) is 0.323. The Hall–Kier alpha value is -3.97. The van der Waals surface area contributed by atoms with Gasteiger partial charge in [-0.05, 0) is 88.5 Å². The number of benzene rings is 4. The number of nitrogens with zero attached hydrogens (tertiary/aromatic N) is 1. The van der Waals surface area contributed by atoms with Gasteiger partial charge in [-0.15, -0.1) is 0 Å². The minimum absolute atomic E-state index is 0.0728. The highest BCUT2D eigenvalue weighted by atomic mass is 16.5. The van der Waals surface area contributed by atoms with Crippen LogP contribution in [0.3, 0.4) is 0 Å². The van der Waals surface area contributed by atoms with Crippen LogP contribution in [0.2, 0.25) is 0 Å². The highest BCUT2D eigenvalue weighted by Crippen LogP contribution is 2.49. The van der Waals surface area contributed by atoms with Crippen LogP contribution in [0, 0.1) is 0 Å². The summed E-state index contributed by atoms with van der Waals surface area (Å²) in [5.74, 6) is 2.58. The zero-order chi connectivity index (χ0) is 26.4. The highest BCUT2D eigenvalue weighted by Gasteiger charge is 2.41. The molecule has 7 nitrogen and oxygen atoms in total. The van der Waals surface area contributed by atoms with Crippen LogP contribution < -0.4 is 24.3 Å². The second-order valence-corrected chi connectivity index (χ2v) is 9.89. The maximum Gasteiger partial charge on any atom is 0.251 e. The monoisotopic (exact) mass is 512 g/mol. The molecule has 4 aromatic rings. The summed E-state index contributed by atoms with van der Waals surface area (Å²) in [7, 11) is 6.61. The minimum Gasteiger partial charge on any atom is -0.493 e. The van der Waals surface area contributed by atoms with Crippen molar-refractivity contribution in [1.29, 1.82) is 0 Å². The summed E-state index contributed by atoms with van der Waals surface area (Å²) < 4.78 is 22.8. The number of carbonyl (C=O) groups is 1. The van der Waals surface area contributed by atoms with E-state index < -0.39 is 0 Å². The van der Waals surface area contributed by atoms with Crippen LogP contribution in [0.15, 0.2) is 54.6 Å². The van der Waals surface area contributed by atoms with Gasteiger partial charge in [0.25, 0.3) is 5.91 Å². The molecule has 0 radical (unpaired) electrons. The predicted octanol–water partition coefficient (Wildman–Crippen LogP) is 5.48. The van der Waals surface area contributed by atoms with Crippen LogP contribution in [0.4, 0.5) is 0 Å². The molecule has 2 atom stereocenters. The van der Waals surface area contributed by atoms with Crippen LogP contribution >= 0.6 is 0 Å². The number of ether oxygens (including phenoxy) is 4. The molecule has 2 aliphatic rings. The van der Waals surface area contributed by atoms with Gasteiger partial charge in [0.2, 0.25) is 0 Å². The first-order valence-corrected chi connectivity index (χ1v) is 12.9. The van der Waals surface area contributed by atoms with E-state index in [9.17, 15) is 4.79 Å². The molecule has 7 heteroatoms. The van der Waals surface area contributed by atoms with Crippen molar-refractivity contribution >= 4 is 27.5 Å². The molecule has 0 spiro atoms. The Morgan fingerprint density at radius 3 is 1.95 bits per heavy atom. The lowest BCUT2D eigenvalue weighted by Crippen LogP contribution is -2.46. The fourth-order valence-electron chi connectivity index (χ4n) is 6.31. The van der Waals surface area contributed by atoms with Crippen LogP contribution in [-0.2, 0) is 6.54 Å². The first kappa shape index (κ1) is 24.4. The molecule has 1 amide bonds. The summed E-state index contributed by atoms with van der Waals surface area (Å²) in [6.07, 6.45) is 2.12. The predicted molar refractivity (Wildman–Crippen MR) is 148 cm³/mol. The van der Waals surface area contributed by atoms with Crippen LogP contribution in [0.25, 0.3) is 21.5 Å². The summed E-state index contributed by atoms with van der Waals surface area (Å²) in [6.45, 7) is 1.80. The Kier molecular flexibility index (Phi) is 6.24. The van der Waals surface area contributed by atoms with E-state index >= 15 is 0 Å².